The lowest BCUT2D eigenvalue weighted by Gasteiger charge is -2.27. The van der Waals surface area contributed by atoms with Crippen molar-refractivity contribution in [2.45, 2.75) is 58.2 Å². The molecule has 96 valence electrons. The van der Waals surface area contributed by atoms with E-state index >= 15 is 0 Å². The van der Waals surface area contributed by atoms with E-state index in [2.05, 4.69) is 11.8 Å². The van der Waals surface area contributed by atoms with E-state index in [1.165, 1.54) is 12.8 Å². The number of β-amino-alcohol motifs (C(OH)–C–C–N with tert-alkyl or cyclic N) is 1. The summed E-state index contributed by atoms with van der Waals surface area (Å²) in [6.45, 7) is 9.71. The number of hydrogen-bond donors (Lipinski definition) is 1. The highest BCUT2D eigenvalue weighted by molar-refractivity contribution is 4.76. The standard InChI is InChI=1S/C13H27NO2/c1-4-10-16-12-6-5-8-14(9-7-12)11-13(2,3)15/h12,15H,4-11H2,1-3H3. The van der Waals surface area contributed by atoms with Crippen LogP contribution in [-0.4, -0.2) is 48.0 Å². The first-order valence-electron chi connectivity index (χ1n) is 6.57. The molecule has 3 heteroatoms. The van der Waals surface area contributed by atoms with Gasteiger partial charge in [-0.3, -0.25) is 0 Å². The third-order valence-electron chi connectivity index (χ3n) is 2.94. The van der Waals surface area contributed by atoms with Crippen LogP contribution in [0.25, 0.3) is 0 Å². The van der Waals surface area contributed by atoms with Crippen LogP contribution in [-0.2, 0) is 4.74 Å². The fourth-order valence-electron chi connectivity index (χ4n) is 2.28. The van der Waals surface area contributed by atoms with Crippen LogP contribution in [0.3, 0.4) is 0 Å². The molecule has 0 saturated carbocycles. The summed E-state index contributed by atoms with van der Waals surface area (Å²) in [5.41, 5.74) is -0.579. The topological polar surface area (TPSA) is 32.7 Å². The predicted octanol–water partition coefficient (Wildman–Crippen LogP) is 2.04. The highest BCUT2D eigenvalue weighted by Gasteiger charge is 2.22. The summed E-state index contributed by atoms with van der Waals surface area (Å²) in [7, 11) is 0. The average Bonchev–Trinajstić information content (AvgIpc) is 2.38. The predicted molar refractivity (Wildman–Crippen MR) is 66.6 cm³/mol. The van der Waals surface area contributed by atoms with Crippen LogP contribution in [0, 0.1) is 0 Å². The van der Waals surface area contributed by atoms with Crippen molar-refractivity contribution in [1.29, 1.82) is 0 Å². The Morgan fingerprint density at radius 2 is 2.06 bits per heavy atom. The fraction of sp³-hybridized carbons (Fsp3) is 1.00. The van der Waals surface area contributed by atoms with Gasteiger partial charge in [-0.2, -0.15) is 0 Å². The van der Waals surface area contributed by atoms with Gasteiger partial charge in [-0.25, -0.2) is 0 Å². The van der Waals surface area contributed by atoms with Gasteiger partial charge in [-0.1, -0.05) is 6.92 Å². The Labute approximate surface area is 99.8 Å². The smallest absolute Gasteiger partial charge is 0.0718 e. The first-order valence-corrected chi connectivity index (χ1v) is 6.57. The SMILES string of the molecule is CCCOC1CCCN(CC(C)(C)O)CC1. The van der Waals surface area contributed by atoms with E-state index in [-0.39, 0.29) is 0 Å². The lowest BCUT2D eigenvalue weighted by Crippen LogP contribution is -2.39. The van der Waals surface area contributed by atoms with Gasteiger partial charge in [-0.15, -0.1) is 0 Å². The van der Waals surface area contributed by atoms with Crippen LogP contribution in [0.4, 0.5) is 0 Å². The minimum Gasteiger partial charge on any atom is -0.389 e. The van der Waals surface area contributed by atoms with Gasteiger partial charge in [-0.05, 0) is 46.1 Å². The van der Waals surface area contributed by atoms with Gasteiger partial charge in [0.15, 0.2) is 0 Å². The largest absolute Gasteiger partial charge is 0.389 e. The zero-order chi connectivity index (χ0) is 12.0. The Balaban J connectivity index is 2.29. The molecule has 0 amide bonds. The molecule has 1 aliphatic heterocycles. The Hall–Kier alpha value is -0.120. The molecule has 1 N–H and O–H groups in total. The maximum absolute atomic E-state index is 9.80. The van der Waals surface area contributed by atoms with Crippen molar-refractivity contribution in [3.05, 3.63) is 0 Å². The van der Waals surface area contributed by atoms with Gasteiger partial charge in [0.05, 0.1) is 11.7 Å². The summed E-state index contributed by atoms with van der Waals surface area (Å²) in [6.07, 6.45) is 5.00. The normalized spacial score (nSPS) is 24.4. The summed E-state index contributed by atoms with van der Waals surface area (Å²) < 4.78 is 5.80. The molecule has 0 aromatic carbocycles. The Morgan fingerprint density at radius 1 is 1.31 bits per heavy atom. The first-order chi connectivity index (χ1) is 7.51. The van der Waals surface area contributed by atoms with Crippen molar-refractivity contribution in [2.24, 2.45) is 0 Å². The quantitative estimate of drug-likeness (QED) is 0.783. The molecule has 1 rings (SSSR count). The summed E-state index contributed by atoms with van der Waals surface area (Å²) in [6, 6.07) is 0. The molecule has 0 aromatic rings. The molecule has 0 bridgehead atoms. The maximum Gasteiger partial charge on any atom is 0.0718 e. The van der Waals surface area contributed by atoms with Gasteiger partial charge in [0.25, 0.3) is 0 Å². The second-order valence-corrected chi connectivity index (χ2v) is 5.51. The van der Waals surface area contributed by atoms with Gasteiger partial charge >= 0.3 is 0 Å². The van der Waals surface area contributed by atoms with Crippen LogP contribution in [0.1, 0.15) is 46.5 Å². The second-order valence-electron chi connectivity index (χ2n) is 5.51. The molecule has 0 aromatic heterocycles. The van der Waals surface area contributed by atoms with Crippen LogP contribution in [0.2, 0.25) is 0 Å². The monoisotopic (exact) mass is 229 g/mol. The van der Waals surface area contributed by atoms with Crippen molar-refractivity contribution < 1.29 is 9.84 Å². The second kappa shape index (κ2) is 6.58. The van der Waals surface area contributed by atoms with Gasteiger partial charge in [0, 0.05) is 19.7 Å². The van der Waals surface area contributed by atoms with Crippen molar-refractivity contribution in [2.75, 3.05) is 26.2 Å². The summed E-state index contributed by atoms with van der Waals surface area (Å²) >= 11 is 0. The van der Waals surface area contributed by atoms with E-state index in [1.54, 1.807) is 0 Å². The van der Waals surface area contributed by atoms with E-state index < -0.39 is 5.60 Å². The minimum atomic E-state index is -0.579. The van der Waals surface area contributed by atoms with Crippen molar-refractivity contribution >= 4 is 0 Å². The minimum absolute atomic E-state index is 0.437. The number of ether oxygens (including phenoxy) is 1. The van der Waals surface area contributed by atoms with E-state index in [0.29, 0.717) is 6.10 Å². The maximum atomic E-state index is 9.80. The molecule has 1 aliphatic rings. The molecule has 3 nitrogen and oxygen atoms in total. The van der Waals surface area contributed by atoms with Crippen LogP contribution < -0.4 is 0 Å². The molecule has 1 saturated heterocycles. The third kappa shape index (κ3) is 5.83. The lowest BCUT2D eigenvalue weighted by molar-refractivity contribution is 0.0280. The molecule has 1 unspecified atom stereocenters. The molecule has 0 aliphatic carbocycles. The zero-order valence-corrected chi connectivity index (χ0v) is 11.0. The summed E-state index contributed by atoms with van der Waals surface area (Å²) in [4.78, 5) is 2.36. The Kier molecular flexibility index (Phi) is 5.73. The van der Waals surface area contributed by atoms with E-state index in [1.807, 2.05) is 13.8 Å². The molecule has 0 radical (unpaired) electrons. The van der Waals surface area contributed by atoms with Crippen LogP contribution in [0.15, 0.2) is 0 Å². The molecule has 16 heavy (non-hydrogen) atoms. The number of nitrogens with zero attached hydrogens (tertiary/aromatic N) is 1. The Bertz CT molecular complexity index is 189. The average molecular weight is 229 g/mol. The van der Waals surface area contributed by atoms with Gasteiger partial charge in [0.1, 0.15) is 0 Å². The lowest BCUT2D eigenvalue weighted by atomic mass is 10.1. The van der Waals surface area contributed by atoms with Crippen molar-refractivity contribution in [1.82, 2.24) is 4.90 Å². The Morgan fingerprint density at radius 3 is 2.69 bits per heavy atom. The molecule has 1 fully saturated rings. The number of rotatable bonds is 5. The number of aliphatic hydroxyl groups is 1. The van der Waals surface area contributed by atoms with Crippen molar-refractivity contribution in [3.63, 3.8) is 0 Å². The highest BCUT2D eigenvalue weighted by atomic mass is 16.5. The zero-order valence-electron chi connectivity index (χ0n) is 11.0. The van der Waals surface area contributed by atoms with Gasteiger partial charge < -0.3 is 14.7 Å². The molecule has 1 atom stereocenters. The van der Waals surface area contributed by atoms with Gasteiger partial charge in [0.2, 0.25) is 0 Å². The molecule has 1 heterocycles. The van der Waals surface area contributed by atoms with Crippen molar-refractivity contribution in [3.8, 4) is 0 Å². The highest BCUT2D eigenvalue weighted by Crippen LogP contribution is 2.16. The fourth-order valence-corrected chi connectivity index (χ4v) is 2.28. The summed E-state index contributed by atoms with van der Waals surface area (Å²) in [5, 5.41) is 9.80. The van der Waals surface area contributed by atoms with Crippen LogP contribution in [0.5, 0.6) is 0 Å². The van der Waals surface area contributed by atoms with E-state index in [0.717, 1.165) is 39.1 Å². The molecular weight excluding hydrogens is 202 g/mol. The number of hydrogen-bond acceptors (Lipinski definition) is 3. The first kappa shape index (κ1) is 13.9. The van der Waals surface area contributed by atoms with E-state index in [4.69, 9.17) is 4.74 Å². The number of likely N-dealkylation sites (tertiary alicyclic amines) is 1. The third-order valence-corrected chi connectivity index (χ3v) is 2.94. The molecule has 0 spiro atoms. The molecular formula is C13H27NO2. The van der Waals surface area contributed by atoms with E-state index in [9.17, 15) is 5.11 Å². The van der Waals surface area contributed by atoms with Crippen LogP contribution >= 0.6 is 0 Å². The summed E-state index contributed by atoms with van der Waals surface area (Å²) in [5.74, 6) is 0.